The second-order valence-electron chi connectivity index (χ2n) is 8.47. The monoisotopic (exact) mass is 440 g/mol. The molecule has 0 aliphatic rings. The fourth-order valence-corrected chi connectivity index (χ4v) is 3.89. The summed E-state index contributed by atoms with van der Waals surface area (Å²) < 4.78 is 0. The summed E-state index contributed by atoms with van der Waals surface area (Å²) in [5, 5.41) is 25.3. The van der Waals surface area contributed by atoms with Crippen molar-refractivity contribution >= 4 is 22.8 Å². The van der Waals surface area contributed by atoms with Crippen LogP contribution in [0.15, 0.2) is 30.3 Å². The number of rotatable bonds is 14. The smallest absolute Gasteiger partial charge is 0.220 e. The fourth-order valence-electron chi connectivity index (χ4n) is 3.89. The lowest BCUT2D eigenvalue weighted by atomic mass is 9.98. The molecule has 0 atom stereocenters. The Morgan fingerprint density at radius 2 is 1.56 bits per heavy atom. The van der Waals surface area contributed by atoms with Crippen molar-refractivity contribution in [1.82, 2.24) is 10.2 Å². The van der Waals surface area contributed by atoms with E-state index >= 15 is 0 Å². The molecule has 0 radical (unpaired) electrons. The number of nitrogens with zero attached hydrogens (tertiary/aromatic N) is 1. The highest BCUT2D eigenvalue weighted by Gasteiger charge is 2.13. The van der Waals surface area contributed by atoms with Gasteiger partial charge in [-0.15, -0.1) is 0 Å². The average molecular weight is 441 g/mol. The summed E-state index contributed by atoms with van der Waals surface area (Å²) in [5.41, 5.74) is 1.23. The zero-order valence-corrected chi connectivity index (χ0v) is 20.0. The van der Waals surface area contributed by atoms with Crippen LogP contribution in [0.1, 0.15) is 69.9 Å². The molecule has 0 saturated heterocycles. The third-order valence-corrected chi connectivity index (χ3v) is 5.90. The first-order chi connectivity index (χ1) is 15.5. The fraction of sp³-hybridized carbons (Fsp3) is 0.519. The van der Waals surface area contributed by atoms with Gasteiger partial charge in [-0.25, -0.2) is 0 Å². The lowest BCUT2D eigenvalue weighted by molar-refractivity contribution is -0.121. The van der Waals surface area contributed by atoms with Gasteiger partial charge in [0.15, 0.2) is 0 Å². The van der Waals surface area contributed by atoms with Gasteiger partial charge in [0.2, 0.25) is 5.91 Å². The van der Waals surface area contributed by atoms with Crippen molar-refractivity contribution in [1.29, 1.82) is 0 Å². The number of amides is 1. The van der Waals surface area contributed by atoms with Crippen molar-refractivity contribution in [3.05, 3.63) is 41.5 Å². The zero-order valence-electron chi connectivity index (χ0n) is 20.0. The quantitative estimate of drug-likeness (QED) is 0.258. The number of unbranched alkanes of at least 4 members (excludes halogenated alkanes) is 2. The van der Waals surface area contributed by atoms with E-state index in [9.17, 15) is 15.0 Å². The Hall–Kier alpha value is -2.53. The molecule has 2 rings (SSSR count). The second kappa shape index (κ2) is 13.8. The molecule has 0 aliphatic heterocycles. The molecule has 5 nitrogen and oxygen atoms in total. The van der Waals surface area contributed by atoms with Crippen LogP contribution in [0.4, 0.5) is 0 Å². The molecule has 0 saturated carbocycles. The van der Waals surface area contributed by atoms with Gasteiger partial charge in [-0.05, 0) is 52.2 Å². The van der Waals surface area contributed by atoms with Crippen molar-refractivity contribution in [2.24, 2.45) is 0 Å². The zero-order chi connectivity index (χ0) is 23.3. The summed E-state index contributed by atoms with van der Waals surface area (Å²) >= 11 is 0. The lowest BCUT2D eigenvalue weighted by Gasteiger charge is -2.21. The van der Waals surface area contributed by atoms with Crippen LogP contribution in [0.25, 0.3) is 16.8 Å². The highest BCUT2D eigenvalue weighted by atomic mass is 16.3. The first kappa shape index (κ1) is 25.7. The molecular formula is C27H40N2O3. The maximum absolute atomic E-state index is 12.2. The molecule has 176 valence electrons. The molecule has 3 N–H and O–H groups in total. The van der Waals surface area contributed by atoms with E-state index in [1.807, 2.05) is 18.2 Å². The summed E-state index contributed by atoms with van der Waals surface area (Å²) in [6.45, 7) is 10.3. The summed E-state index contributed by atoms with van der Waals surface area (Å²) in [7, 11) is 0. The Kier molecular flexibility index (Phi) is 11.1. The molecule has 0 aliphatic carbocycles. The Labute approximate surface area is 193 Å². The number of carbonyl (C=O) groups is 1. The molecule has 0 aromatic heterocycles. The average Bonchev–Trinajstić information content (AvgIpc) is 2.81. The lowest BCUT2D eigenvalue weighted by Crippen LogP contribution is -2.31. The van der Waals surface area contributed by atoms with Gasteiger partial charge in [-0.1, -0.05) is 63.1 Å². The van der Waals surface area contributed by atoms with E-state index in [1.165, 1.54) is 25.7 Å². The molecule has 2 aromatic rings. The minimum atomic E-state index is 0.0469. The number of fused-ring (bicyclic) bond motifs is 1. The standard InChI is InChI=1S/C27H40N2O3/c1-4-6-18-29(19-7-5-2)20-12-17-28-25(30)16-11-10-13-22-21(3)26(31)23-14-8-9-15-24(23)27(22)32/h8-10,13-15,31-32H,4-7,11-12,16-20H2,1-3H3,(H,28,30)/b13-10+. The maximum atomic E-state index is 12.2. The minimum Gasteiger partial charge on any atom is -0.507 e. The van der Waals surface area contributed by atoms with Crippen LogP contribution in [0.3, 0.4) is 0 Å². The Bertz CT molecular complexity index is 884. The number of carbonyl (C=O) groups excluding carboxylic acids is 1. The molecule has 0 fully saturated rings. The van der Waals surface area contributed by atoms with Crippen molar-refractivity contribution < 1.29 is 15.0 Å². The first-order valence-electron chi connectivity index (χ1n) is 12.1. The highest BCUT2D eigenvalue weighted by molar-refractivity contribution is 5.97. The van der Waals surface area contributed by atoms with E-state index in [1.54, 1.807) is 25.1 Å². The van der Waals surface area contributed by atoms with Crippen LogP contribution in [0.5, 0.6) is 11.5 Å². The molecule has 5 heteroatoms. The van der Waals surface area contributed by atoms with Gasteiger partial charge in [-0.3, -0.25) is 4.79 Å². The van der Waals surface area contributed by atoms with Crippen LogP contribution >= 0.6 is 0 Å². The first-order valence-corrected chi connectivity index (χ1v) is 12.1. The number of phenols is 2. The van der Waals surface area contributed by atoms with Gasteiger partial charge in [0.25, 0.3) is 0 Å². The largest absolute Gasteiger partial charge is 0.507 e. The van der Waals surface area contributed by atoms with Gasteiger partial charge in [0, 0.05) is 34.9 Å². The van der Waals surface area contributed by atoms with E-state index in [0.29, 0.717) is 41.3 Å². The van der Waals surface area contributed by atoms with E-state index in [-0.39, 0.29) is 17.4 Å². The summed E-state index contributed by atoms with van der Waals surface area (Å²) in [6, 6.07) is 7.26. The second-order valence-corrected chi connectivity index (χ2v) is 8.47. The number of hydrogen-bond acceptors (Lipinski definition) is 4. The number of nitrogens with one attached hydrogen (secondary N) is 1. The molecule has 0 spiro atoms. The predicted molar refractivity (Wildman–Crippen MR) is 134 cm³/mol. The third kappa shape index (κ3) is 7.56. The summed E-state index contributed by atoms with van der Waals surface area (Å²) in [4.78, 5) is 14.7. The van der Waals surface area contributed by atoms with E-state index in [4.69, 9.17) is 0 Å². The van der Waals surface area contributed by atoms with Crippen LogP contribution in [-0.2, 0) is 4.79 Å². The Morgan fingerprint density at radius 1 is 0.969 bits per heavy atom. The SMILES string of the molecule is CCCCN(CCCC)CCCNC(=O)CC/C=C/c1c(C)c(O)c2ccccc2c1O. The van der Waals surface area contributed by atoms with Crippen LogP contribution < -0.4 is 5.32 Å². The number of benzene rings is 2. The van der Waals surface area contributed by atoms with Gasteiger partial charge >= 0.3 is 0 Å². The van der Waals surface area contributed by atoms with Crippen molar-refractivity contribution in [3.63, 3.8) is 0 Å². The minimum absolute atomic E-state index is 0.0469. The normalized spacial score (nSPS) is 11.6. The Morgan fingerprint density at radius 3 is 2.19 bits per heavy atom. The summed E-state index contributed by atoms with van der Waals surface area (Å²) in [6.07, 6.45) is 10.5. The van der Waals surface area contributed by atoms with Crippen LogP contribution in [-0.4, -0.2) is 47.2 Å². The molecule has 0 unspecified atom stereocenters. The van der Waals surface area contributed by atoms with E-state index in [0.717, 1.165) is 26.1 Å². The maximum Gasteiger partial charge on any atom is 0.220 e. The number of aromatic hydroxyl groups is 2. The van der Waals surface area contributed by atoms with Crippen molar-refractivity contribution in [2.75, 3.05) is 26.2 Å². The Balaban J connectivity index is 1.78. The molecule has 32 heavy (non-hydrogen) atoms. The van der Waals surface area contributed by atoms with Gasteiger partial charge in [0.05, 0.1) is 0 Å². The third-order valence-electron chi connectivity index (χ3n) is 5.90. The van der Waals surface area contributed by atoms with Crippen LogP contribution in [0, 0.1) is 6.92 Å². The van der Waals surface area contributed by atoms with E-state index < -0.39 is 0 Å². The van der Waals surface area contributed by atoms with Gasteiger partial charge < -0.3 is 20.4 Å². The van der Waals surface area contributed by atoms with Crippen LogP contribution in [0.2, 0.25) is 0 Å². The molecule has 2 aromatic carbocycles. The number of phenolic OH excluding ortho intramolecular Hbond substituents is 2. The highest BCUT2D eigenvalue weighted by Crippen LogP contribution is 2.39. The molecular weight excluding hydrogens is 400 g/mol. The van der Waals surface area contributed by atoms with Crippen molar-refractivity contribution in [2.45, 2.75) is 65.7 Å². The van der Waals surface area contributed by atoms with Gasteiger partial charge in [0.1, 0.15) is 11.5 Å². The topological polar surface area (TPSA) is 72.8 Å². The molecule has 1 amide bonds. The molecule has 0 bridgehead atoms. The summed E-state index contributed by atoms with van der Waals surface area (Å²) in [5.74, 6) is 0.389. The van der Waals surface area contributed by atoms with E-state index in [2.05, 4.69) is 24.1 Å². The van der Waals surface area contributed by atoms with Gasteiger partial charge in [-0.2, -0.15) is 0 Å². The predicted octanol–water partition coefficient (Wildman–Crippen LogP) is 5.76. The van der Waals surface area contributed by atoms with Crippen molar-refractivity contribution in [3.8, 4) is 11.5 Å². The number of hydrogen-bond donors (Lipinski definition) is 3. The molecule has 0 heterocycles. The number of allylic oxidation sites excluding steroid dienone is 1.